The molecule has 0 atom stereocenters. The summed E-state index contributed by atoms with van der Waals surface area (Å²) < 4.78 is 4.98. The lowest BCUT2D eigenvalue weighted by atomic mass is 10.6. The lowest BCUT2D eigenvalue weighted by Crippen LogP contribution is -1.84. The van der Waals surface area contributed by atoms with Crippen LogP contribution in [0, 0.1) is 0 Å². The van der Waals surface area contributed by atoms with Crippen molar-refractivity contribution in [2.75, 3.05) is 11.5 Å². The van der Waals surface area contributed by atoms with Crippen LogP contribution in [0.15, 0.2) is 9.00 Å². The van der Waals surface area contributed by atoms with Crippen molar-refractivity contribution in [3.63, 3.8) is 0 Å². The predicted molar refractivity (Wildman–Crippen MR) is 33.0 cm³/mol. The molecule has 0 bridgehead atoms. The summed E-state index contributed by atoms with van der Waals surface area (Å²) in [7, 11) is 0. The van der Waals surface area contributed by atoms with Gasteiger partial charge in [-0.3, -0.25) is 0 Å². The molecule has 0 saturated heterocycles. The maximum atomic E-state index is 5.21. The molecule has 1 heterocycles. The number of aromatic nitrogens is 1. The molecule has 8 heavy (non-hydrogen) atoms. The number of hydrogen-bond donors (Lipinski definition) is 2. The lowest BCUT2D eigenvalue weighted by Gasteiger charge is -1.78. The molecule has 0 amide bonds. The Balaban J connectivity index is 3.19. The molecule has 0 aliphatic rings. The number of rotatable bonds is 0. The van der Waals surface area contributed by atoms with E-state index in [1.54, 1.807) is 0 Å². The third-order valence-electron chi connectivity index (χ3n) is 0.684. The molecule has 1 rings (SSSR count). The highest BCUT2D eigenvalue weighted by atomic mass is 79.9. The topological polar surface area (TPSA) is 78.1 Å². The van der Waals surface area contributed by atoms with Crippen molar-refractivity contribution in [2.24, 2.45) is 0 Å². The Morgan fingerprint density at radius 2 is 2.12 bits per heavy atom. The van der Waals surface area contributed by atoms with Crippen molar-refractivity contribution in [1.82, 2.24) is 5.16 Å². The summed E-state index contributed by atoms with van der Waals surface area (Å²) >= 11 is 3.04. The van der Waals surface area contributed by atoms with Gasteiger partial charge in [0.05, 0.1) is 0 Å². The molecule has 5 heteroatoms. The van der Waals surface area contributed by atoms with E-state index >= 15 is 0 Å². The molecule has 0 aliphatic carbocycles. The van der Waals surface area contributed by atoms with Gasteiger partial charge in [0.1, 0.15) is 4.47 Å². The van der Waals surface area contributed by atoms with Crippen LogP contribution in [0.2, 0.25) is 0 Å². The molecule has 1 aromatic heterocycles. The molecule has 0 aromatic carbocycles. The van der Waals surface area contributed by atoms with Gasteiger partial charge in [0.25, 0.3) is 0 Å². The van der Waals surface area contributed by atoms with Crippen LogP contribution in [0.3, 0.4) is 0 Å². The van der Waals surface area contributed by atoms with Crippen LogP contribution < -0.4 is 11.5 Å². The zero-order chi connectivity index (χ0) is 6.15. The molecule has 0 saturated carbocycles. The fourth-order valence-electron chi connectivity index (χ4n) is 0.305. The van der Waals surface area contributed by atoms with Gasteiger partial charge in [0.15, 0.2) is 5.82 Å². The molecule has 0 aliphatic heterocycles. The fraction of sp³-hybridized carbons (Fsp3) is 0. The normalized spacial score (nSPS) is 9.62. The Labute approximate surface area is 53.9 Å². The Bertz CT molecular complexity index is 177. The van der Waals surface area contributed by atoms with Gasteiger partial charge in [-0.1, -0.05) is 5.16 Å². The van der Waals surface area contributed by atoms with Gasteiger partial charge < -0.3 is 16.0 Å². The van der Waals surface area contributed by atoms with Crippen molar-refractivity contribution in [1.29, 1.82) is 0 Å². The number of nitrogen functional groups attached to an aromatic ring is 2. The molecule has 0 unspecified atom stereocenters. The fourth-order valence-corrected chi connectivity index (χ4v) is 0.450. The van der Waals surface area contributed by atoms with E-state index in [-0.39, 0.29) is 11.7 Å². The molecular formula is C3H4BrN3O. The number of nitrogens with two attached hydrogens (primary N) is 2. The highest BCUT2D eigenvalue weighted by molar-refractivity contribution is 9.10. The first kappa shape index (κ1) is 5.43. The Kier molecular flexibility index (Phi) is 1.13. The summed E-state index contributed by atoms with van der Waals surface area (Å²) in [5.74, 6) is 0.491. The Morgan fingerprint density at radius 1 is 1.50 bits per heavy atom. The van der Waals surface area contributed by atoms with E-state index in [0.717, 1.165) is 0 Å². The second-order valence-electron chi connectivity index (χ2n) is 1.25. The molecule has 0 spiro atoms. The van der Waals surface area contributed by atoms with Crippen LogP contribution in [-0.4, -0.2) is 5.16 Å². The van der Waals surface area contributed by atoms with E-state index in [9.17, 15) is 0 Å². The zero-order valence-electron chi connectivity index (χ0n) is 3.89. The molecule has 4 nitrogen and oxygen atoms in total. The number of hydrogen-bond acceptors (Lipinski definition) is 4. The minimum absolute atomic E-state index is 0.211. The smallest absolute Gasteiger partial charge is 0.238 e. The largest absolute Gasteiger partial charge is 0.380 e. The van der Waals surface area contributed by atoms with Gasteiger partial charge >= 0.3 is 0 Å². The Morgan fingerprint density at radius 3 is 2.25 bits per heavy atom. The number of halogens is 1. The van der Waals surface area contributed by atoms with E-state index in [2.05, 4.69) is 25.6 Å². The van der Waals surface area contributed by atoms with Crippen molar-refractivity contribution < 1.29 is 4.52 Å². The summed E-state index contributed by atoms with van der Waals surface area (Å²) in [6, 6.07) is 0. The summed E-state index contributed by atoms with van der Waals surface area (Å²) in [6.45, 7) is 0. The first-order valence-corrected chi connectivity index (χ1v) is 2.67. The minimum atomic E-state index is 0.211. The minimum Gasteiger partial charge on any atom is -0.380 e. The van der Waals surface area contributed by atoms with E-state index in [1.807, 2.05) is 0 Å². The molecule has 1 aromatic rings. The van der Waals surface area contributed by atoms with Crippen LogP contribution in [-0.2, 0) is 0 Å². The third-order valence-corrected chi connectivity index (χ3v) is 1.48. The van der Waals surface area contributed by atoms with E-state index in [0.29, 0.717) is 4.47 Å². The zero-order valence-corrected chi connectivity index (χ0v) is 5.47. The van der Waals surface area contributed by atoms with Gasteiger partial charge in [0.2, 0.25) is 5.88 Å². The van der Waals surface area contributed by atoms with Crippen LogP contribution in [0.1, 0.15) is 0 Å². The van der Waals surface area contributed by atoms with Gasteiger partial charge in [-0.15, -0.1) is 0 Å². The van der Waals surface area contributed by atoms with Gasteiger partial charge in [0, 0.05) is 0 Å². The molecule has 0 radical (unpaired) electrons. The number of nitrogens with zero attached hydrogens (tertiary/aromatic N) is 1. The van der Waals surface area contributed by atoms with E-state index < -0.39 is 0 Å². The summed E-state index contributed by atoms with van der Waals surface area (Å²) in [5.41, 5.74) is 10.4. The van der Waals surface area contributed by atoms with Crippen LogP contribution in [0.25, 0.3) is 0 Å². The standard InChI is InChI=1S/C3H4BrN3O/c4-1-2(5)7-8-3(1)6/h6H2,(H2,5,7). The van der Waals surface area contributed by atoms with Crippen molar-refractivity contribution in [3.8, 4) is 0 Å². The van der Waals surface area contributed by atoms with Crippen molar-refractivity contribution in [2.45, 2.75) is 0 Å². The predicted octanol–water partition coefficient (Wildman–Crippen LogP) is 0.602. The van der Waals surface area contributed by atoms with Crippen molar-refractivity contribution >= 4 is 27.6 Å². The highest BCUT2D eigenvalue weighted by Gasteiger charge is 2.04. The molecule has 4 N–H and O–H groups in total. The maximum absolute atomic E-state index is 5.21. The molecular weight excluding hydrogens is 174 g/mol. The van der Waals surface area contributed by atoms with Crippen LogP contribution >= 0.6 is 15.9 Å². The average molecular weight is 178 g/mol. The van der Waals surface area contributed by atoms with Gasteiger partial charge in [-0.2, -0.15) is 0 Å². The summed E-state index contributed by atoms with van der Waals surface area (Å²) in [4.78, 5) is 0. The average Bonchev–Trinajstić information content (AvgIpc) is 1.98. The van der Waals surface area contributed by atoms with E-state index in [4.69, 9.17) is 11.5 Å². The SMILES string of the molecule is Nc1noc(N)c1Br. The summed E-state index contributed by atoms with van der Waals surface area (Å²) in [5, 5.41) is 3.35. The van der Waals surface area contributed by atoms with Crippen LogP contribution in [0.4, 0.5) is 11.7 Å². The second-order valence-corrected chi connectivity index (χ2v) is 2.04. The maximum Gasteiger partial charge on any atom is 0.238 e. The molecule has 44 valence electrons. The van der Waals surface area contributed by atoms with Gasteiger partial charge in [-0.25, -0.2) is 0 Å². The highest BCUT2D eigenvalue weighted by Crippen LogP contribution is 2.24. The third kappa shape index (κ3) is 0.645. The number of anilines is 2. The molecule has 0 fully saturated rings. The first-order chi connectivity index (χ1) is 3.72. The second kappa shape index (κ2) is 1.66. The van der Waals surface area contributed by atoms with Crippen molar-refractivity contribution in [3.05, 3.63) is 4.47 Å². The van der Waals surface area contributed by atoms with Gasteiger partial charge in [-0.05, 0) is 15.9 Å². The summed E-state index contributed by atoms with van der Waals surface area (Å²) in [6.07, 6.45) is 0. The van der Waals surface area contributed by atoms with E-state index in [1.165, 1.54) is 0 Å². The first-order valence-electron chi connectivity index (χ1n) is 1.88. The van der Waals surface area contributed by atoms with Crippen LogP contribution in [0.5, 0.6) is 0 Å². The quantitative estimate of drug-likeness (QED) is 0.609. The Hall–Kier alpha value is -0.710. The monoisotopic (exact) mass is 177 g/mol. The lowest BCUT2D eigenvalue weighted by molar-refractivity contribution is 0.440.